The lowest BCUT2D eigenvalue weighted by Crippen LogP contribution is -2.18. The van der Waals surface area contributed by atoms with Gasteiger partial charge in [0.15, 0.2) is 0 Å². The molecule has 1 N–H and O–H groups in total. The van der Waals surface area contributed by atoms with Crippen LogP contribution < -0.4 is 10.1 Å². The molecule has 0 saturated carbocycles. The van der Waals surface area contributed by atoms with Crippen molar-refractivity contribution in [2.24, 2.45) is 0 Å². The predicted molar refractivity (Wildman–Crippen MR) is 137 cm³/mol. The van der Waals surface area contributed by atoms with Crippen LogP contribution in [0.5, 0.6) is 5.75 Å². The van der Waals surface area contributed by atoms with Crippen molar-refractivity contribution in [3.63, 3.8) is 0 Å². The summed E-state index contributed by atoms with van der Waals surface area (Å²) in [6.07, 6.45) is 4.53. The van der Waals surface area contributed by atoms with E-state index in [1.54, 1.807) is 7.11 Å². The van der Waals surface area contributed by atoms with E-state index in [0.717, 1.165) is 45.6 Å². The Morgan fingerprint density at radius 3 is 2.32 bits per heavy atom. The van der Waals surface area contributed by atoms with Gasteiger partial charge in [-0.3, -0.25) is 14.7 Å². The van der Waals surface area contributed by atoms with Crippen LogP contribution in [0.1, 0.15) is 34.3 Å². The summed E-state index contributed by atoms with van der Waals surface area (Å²) in [4.78, 5) is 20.1. The summed E-state index contributed by atoms with van der Waals surface area (Å²) in [5.74, 6) is 0.692. The molecule has 1 amide bonds. The normalized spacial score (nSPS) is 13.8. The Hall–Kier alpha value is -3.70. The Kier molecular flexibility index (Phi) is 6.28. The number of pyridine rings is 1. The fourth-order valence-corrected chi connectivity index (χ4v) is 4.55. The molecule has 0 spiro atoms. The molecule has 1 aliphatic heterocycles. The van der Waals surface area contributed by atoms with Crippen LogP contribution in [0.15, 0.2) is 72.9 Å². The molecule has 1 aromatic heterocycles. The first-order valence-corrected chi connectivity index (χ1v) is 11.8. The number of fused-ring (bicyclic) bond motifs is 1. The SMILES string of the molecule is COc1ccc(-c2ccc(C(=O)Nc3cc4ncc(CN5CCCC5)cc4cc3C)cc2)cc1. The number of aryl methyl sites for hydroxylation is 1. The molecule has 0 atom stereocenters. The average Bonchev–Trinajstić information content (AvgIpc) is 3.38. The maximum atomic E-state index is 12.9. The molecule has 3 aromatic carbocycles. The second-order valence-electron chi connectivity index (χ2n) is 8.95. The van der Waals surface area contributed by atoms with Crippen LogP contribution >= 0.6 is 0 Å². The second-order valence-corrected chi connectivity index (χ2v) is 8.95. The fraction of sp³-hybridized carbons (Fsp3) is 0.241. The standard InChI is InChI=1S/C29H29N3O2/c1-20-15-25-16-21(19-32-13-3-4-14-32)18-30-28(25)17-27(20)31-29(33)24-7-5-22(6-8-24)23-9-11-26(34-2)12-10-23/h5-12,15-18H,3-4,13-14,19H2,1-2H3,(H,31,33). The summed E-state index contributed by atoms with van der Waals surface area (Å²) >= 11 is 0. The number of carbonyl (C=O) groups is 1. The number of likely N-dealkylation sites (tertiary alicyclic amines) is 1. The lowest BCUT2D eigenvalue weighted by Gasteiger charge is -2.15. The molecule has 0 aliphatic carbocycles. The molecule has 0 bridgehead atoms. The molecule has 5 nitrogen and oxygen atoms in total. The van der Waals surface area contributed by atoms with Crippen LogP contribution in [0.25, 0.3) is 22.0 Å². The average molecular weight is 452 g/mol. The first kappa shape index (κ1) is 22.1. The van der Waals surface area contributed by atoms with Gasteiger partial charge in [-0.1, -0.05) is 24.3 Å². The van der Waals surface area contributed by atoms with Gasteiger partial charge in [-0.05, 0) is 97.6 Å². The van der Waals surface area contributed by atoms with E-state index in [-0.39, 0.29) is 5.91 Å². The molecular weight excluding hydrogens is 422 g/mol. The number of nitrogens with zero attached hydrogens (tertiary/aromatic N) is 2. The zero-order chi connectivity index (χ0) is 23.5. The van der Waals surface area contributed by atoms with Gasteiger partial charge in [0, 0.05) is 29.4 Å². The van der Waals surface area contributed by atoms with Crippen LogP contribution in [0, 0.1) is 6.92 Å². The van der Waals surface area contributed by atoms with E-state index in [4.69, 9.17) is 4.74 Å². The highest BCUT2D eigenvalue weighted by Crippen LogP contribution is 2.26. The van der Waals surface area contributed by atoms with Crippen molar-refractivity contribution in [2.75, 3.05) is 25.5 Å². The Bertz CT molecular complexity index is 1310. The molecule has 4 aromatic rings. The monoisotopic (exact) mass is 451 g/mol. The number of hydrogen-bond acceptors (Lipinski definition) is 4. The minimum absolute atomic E-state index is 0.130. The van der Waals surface area contributed by atoms with Crippen molar-refractivity contribution in [3.8, 4) is 16.9 Å². The highest BCUT2D eigenvalue weighted by atomic mass is 16.5. The number of rotatable bonds is 6. The third-order valence-electron chi connectivity index (χ3n) is 6.51. The fourth-order valence-electron chi connectivity index (χ4n) is 4.55. The summed E-state index contributed by atoms with van der Waals surface area (Å²) < 4.78 is 5.22. The lowest BCUT2D eigenvalue weighted by molar-refractivity contribution is 0.102. The molecule has 0 radical (unpaired) electrons. The number of aromatic nitrogens is 1. The number of carbonyl (C=O) groups excluding carboxylic acids is 1. The molecule has 1 fully saturated rings. The van der Waals surface area contributed by atoms with Crippen molar-refractivity contribution in [1.29, 1.82) is 0 Å². The van der Waals surface area contributed by atoms with Crippen molar-refractivity contribution in [2.45, 2.75) is 26.3 Å². The van der Waals surface area contributed by atoms with Crippen molar-refractivity contribution < 1.29 is 9.53 Å². The third kappa shape index (κ3) is 4.80. The van der Waals surface area contributed by atoms with E-state index in [2.05, 4.69) is 27.3 Å². The van der Waals surface area contributed by atoms with E-state index < -0.39 is 0 Å². The number of nitrogens with one attached hydrogen (secondary N) is 1. The molecular formula is C29H29N3O2. The molecule has 0 unspecified atom stereocenters. The quantitative estimate of drug-likeness (QED) is 0.387. The van der Waals surface area contributed by atoms with Crippen molar-refractivity contribution >= 4 is 22.5 Å². The van der Waals surface area contributed by atoms with Gasteiger partial charge in [-0.15, -0.1) is 0 Å². The van der Waals surface area contributed by atoms with Gasteiger partial charge < -0.3 is 10.1 Å². The third-order valence-corrected chi connectivity index (χ3v) is 6.51. The minimum Gasteiger partial charge on any atom is -0.497 e. The molecule has 2 heterocycles. The van der Waals surface area contributed by atoms with Gasteiger partial charge in [-0.2, -0.15) is 0 Å². The minimum atomic E-state index is -0.130. The van der Waals surface area contributed by atoms with Crippen LogP contribution in [0.4, 0.5) is 5.69 Å². The number of anilines is 1. The van der Waals surface area contributed by atoms with Crippen LogP contribution in [0.2, 0.25) is 0 Å². The van der Waals surface area contributed by atoms with E-state index >= 15 is 0 Å². The van der Waals surface area contributed by atoms with Crippen LogP contribution in [0.3, 0.4) is 0 Å². The summed E-state index contributed by atoms with van der Waals surface area (Å²) in [6.45, 7) is 5.31. The van der Waals surface area contributed by atoms with Crippen molar-refractivity contribution in [3.05, 3.63) is 89.6 Å². The topological polar surface area (TPSA) is 54.5 Å². The smallest absolute Gasteiger partial charge is 0.255 e. The van der Waals surface area contributed by atoms with Gasteiger partial charge in [0.1, 0.15) is 5.75 Å². The van der Waals surface area contributed by atoms with E-state index in [1.165, 1.54) is 31.5 Å². The first-order chi connectivity index (χ1) is 16.6. The number of methoxy groups -OCH3 is 1. The summed E-state index contributed by atoms with van der Waals surface area (Å²) in [5, 5.41) is 4.17. The Labute approximate surface area is 200 Å². The predicted octanol–water partition coefficient (Wildman–Crippen LogP) is 6.07. The van der Waals surface area contributed by atoms with E-state index in [0.29, 0.717) is 5.56 Å². The Morgan fingerprint density at radius 1 is 0.971 bits per heavy atom. The summed E-state index contributed by atoms with van der Waals surface area (Å²) in [7, 11) is 1.66. The van der Waals surface area contributed by atoms with Crippen molar-refractivity contribution in [1.82, 2.24) is 9.88 Å². The molecule has 5 rings (SSSR count). The maximum Gasteiger partial charge on any atom is 0.255 e. The van der Waals surface area contributed by atoms with E-state index in [1.807, 2.05) is 67.7 Å². The van der Waals surface area contributed by atoms with Gasteiger partial charge in [-0.25, -0.2) is 0 Å². The first-order valence-electron chi connectivity index (χ1n) is 11.8. The van der Waals surface area contributed by atoms with Crippen LogP contribution in [-0.4, -0.2) is 36.0 Å². The molecule has 5 heteroatoms. The number of benzene rings is 3. The highest BCUT2D eigenvalue weighted by Gasteiger charge is 2.13. The maximum absolute atomic E-state index is 12.9. The Morgan fingerprint density at radius 2 is 1.65 bits per heavy atom. The highest BCUT2D eigenvalue weighted by molar-refractivity contribution is 6.05. The van der Waals surface area contributed by atoms with E-state index in [9.17, 15) is 4.79 Å². The van der Waals surface area contributed by atoms with Gasteiger partial charge in [0.25, 0.3) is 5.91 Å². The summed E-state index contributed by atoms with van der Waals surface area (Å²) in [6, 6.07) is 21.8. The summed E-state index contributed by atoms with van der Waals surface area (Å²) in [5.41, 5.74) is 6.69. The Balaban J connectivity index is 1.30. The molecule has 1 aliphatic rings. The number of hydrogen-bond donors (Lipinski definition) is 1. The molecule has 1 saturated heterocycles. The van der Waals surface area contributed by atoms with Crippen LogP contribution in [-0.2, 0) is 6.54 Å². The van der Waals surface area contributed by atoms with Gasteiger partial charge >= 0.3 is 0 Å². The zero-order valence-corrected chi connectivity index (χ0v) is 19.7. The molecule has 34 heavy (non-hydrogen) atoms. The molecule has 172 valence electrons. The van der Waals surface area contributed by atoms with Gasteiger partial charge in [0.05, 0.1) is 12.6 Å². The number of amides is 1. The largest absolute Gasteiger partial charge is 0.497 e. The number of ether oxygens (including phenoxy) is 1. The lowest BCUT2D eigenvalue weighted by atomic mass is 10.0. The zero-order valence-electron chi connectivity index (χ0n) is 19.7. The van der Waals surface area contributed by atoms with Gasteiger partial charge in [0.2, 0.25) is 0 Å². The second kappa shape index (κ2) is 9.65.